The van der Waals surface area contributed by atoms with Crippen LogP contribution in [0.1, 0.15) is 6.42 Å². The fraction of sp³-hybridized carbons (Fsp3) is 0.625. The lowest BCUT2D eigenvalue weighted by Crippen LogP contribution is -1.91. The summed E-state index contributed by atoms with van der Waals surface area (Å²) in [7, 11) is 1.68. The molecular formula is C8H14O3S. The molecule has 0 heterocycles. The molecule has 3 nitrogen and oxygen atoms in total. The van der Waals surface area contributed by atoms with E-state index < -0.39 is 5.97 Å². The molecule has 0 saturated carbocycles. The first kappa shape index (κ1) is 11.5. The first-order chi connectivity index (χ1) is 5.77. The van der Waals surface area contributed by atoms with Crippen LogP contribution in [0.25, 0.3) is 0 Å². The number of carbonyl (C=O) groups is 1. The predicted molar refractivity (Wildman–Crippen MR) is 50.6 cm³/mol. The Morgan fingerprint density at radius 1 is 1.67 bits per heavy atom. The number of thioether (sulfide) groups is 1. The highest BCUT2D eigenvalue weighted by molar-refractivity contribution is 7.99. The van der Waals surface area contributed by atoms with Crippen LogP contribution in [0.2, 0.25) is 0 Å². The van der Waals surface area contributed by atoms with E-state index in [0.29, 0.717) is 0 Å². The Balaban J connectivity index is 3.05. The summed E-state index contributed by atoms with van der Waals surface area (Å²) in [5.74, 6) is 0.890. The van der Waals surface area contributed by atoms with Gasteiger partial charge >= 0.3 is 5.97 Å². The van der Waals surface area contributed by atoms with Gasteiger partial charge in [-0.3, -0.25) is 0 Å². The third-order valence-electron chi connectivity index (χ3n) is 1.11. The number of carboxylic acid groups (broad SMARTS) is 1. The van der Waals surface area contributed by atoms with Crippen molar-refractivity contribution in [2.24, 2.45) is 0 Å². The molecular weight excluding hydrogens is 176 g/mol. The van der Waals surface area contributed by atoms with Crippen molar-refractivity contribution >= 4 is 17.7 Å². The van der Waals surface area contributed by atoms with Crippen molar-refractivity contribution in [3.05, 3.63) is 12.2 Å². The maximum Gasteiger partial charge on any atom is 0.328 e. The molecule has 0 rings (SSSR count). The third kappa shape index (κ3) is 9.52. The maximum atomic E-state index is 10.0. The first-order valence-corrected chi connectivity index (χ1v) is 4.89. The Bertz CT molecular complexity index is 145. The first-order valence-electron chi connectivity index (χ1n) is 3.73. The lowest BCUT2D eigenvalue weighted by atomic mass is 10.5. The molecule has 0 amide bonds. The quantitative estimate of drug-likeness (QED) is 0.487. The van der Waals surface area contributed by atoms with Gasteiger partial charge in [-0.25, -0.2) is 4.79 Å². The molecule has 70 valence electrons. The van der Waals surface area contributed by atoms with Gasteiger partial charge in [-0.1, -0.05) is 6.08 Å². The molecule has 0 atom stereocenters. The fourth-order valence-corrected chi connectivity index (χ4v) is 1.33. The molecule has 0 aliphatic rings. The Hall–Kier alpha value is -0.480. The van der Waals surface area contributed by atoms with E-state index in [1.165, 1.54) is 6.08 Å². The van der Waals surface area contributed by atoms with Gasteiger partial charge < -0.3 is 9.84 Å². The van der Waals surface area contributed by atoms with Gasteiger partial charge in [-0.15, -0.1) is 0 Å². The highest BCUT2D eigenvalue weighted by atomic mass is 32.2. The van der Waals surface area contributed by atoms with Crippen LogP contribution in [0.3, 0.4) is 0 Å². The highest BCUT2D eigenvalue weighted by Gasteiger charge is 1.87. The zero-order chi connectivity index (χ0) is 9.23. The summed E-state index contributed by atoms with van der Waals surface area (Å²) in [5, 5.41) is 8.24. The minimum absolute atomic E-state index is 0.760. The minimum atomic E-state index is -0.882. The second-order valence-electron chi connectivity index (χ2n) is 2.16. The predicted octanol–water partition coefficient (Wildman–Crippen LogP) is 1.40. The molecule has 0 fully saturated rings. The minimum Gasteiger partial charge on any atom is -0.478 e. The van der Waals surface area contributed by atoms with Crippen LogP contribution >= 0.6 is 11.8 Å². The Kier molecular flexibility index (Phi) is 8.27. The molecule has 0 unspecified atom stereocenters. The lowest BCUT2D eigenvalue weighted by Gasteiger charge is -1.96. The molecule has 0 aromatic carbocycles. The van der Waals surface area contributed by atoms with Crippen LogP contribution in [-0.2, 0) is 9.53 Å². The Morgan fingerprint density at radius 2 is 2.42 bits per heavy atom. The van der Waals surface area contributed by atoms with Crippen LogP contribution in [0, 0.1) is 0 Å². The van der Waals surface area contributed by atoms with Gasteiger partial charge in [0, 0.05) is 25.5 Å². The topological polar surface area (TPSA) is 46.5 Å². The normalized spacial score (nSPS) is 10.8. The van der Waals surface area contributed by atoms with Crippen molar-refractivity contribution in [3.8, 4) is 0 Å². The third-order valence-corrected chi connectivity index (χ3v) is 2.12. The van der Waals surface area contributed by atoms with E-state index in [-0.39, 0.29) is 0 Å². The van der Waals surface area contributed by atoms with E-state index in [4.69, 9.17) is 9.84 Å². The summed E-state index contributed by atoms with van der Waals surface area (Å²) < 4.78 is 4.86. The highest BCUT2D eigenvalue weighted by Crippen LogP contribution is 2.02. The van der Waals surface area contributed by atoms with E-state index in [9.17, 15) is 4.79 Å². The standard InChI is InChI=1S/C8H14O3S/c1-11-5-3-7-12-6-2-4-8(9)10/h2,4H,3,5-7H2,1H3,(H,9,10). The van der Waals surface area contributed by atoms with Gasteiger partial charge in [0.1, 0.15) is 0 Å². The van der Waals surface area contributed by atoms with Crippen molar-refractivity contribution in [2.75, 3.05) is 25.2 Å². The maximum absolute atomic E-state index is 10.0. The smallest absolute Gasteiger partial charge is 0.328 e. The molecule has 1 N–H and O–H groups in total. The average molecular weight is 190 g/mol. The van der Waals surface area contributed by atoms with Gasteiger partial charge in [-0.2, -0.15) is 11.8 Å². The van der Waals surface area contributed by atoms with E-state index in [1.54, 1.807) is 24.9 Å². The summed E-state index contributed by atoms with van der Waals surface area (Å²) >= 11 is 1.71. The number of hydrogen-bond donors (Lipinski definition) is 1. The summed E-state index contributed by atoms with van der Waals surface area (Å²) in [6.07, 6.45) is 3.84. The molecule has 12 heavy (non-hydrogen) atoms. The van der Waals surface area contributed by atoms with Crippen molar-refractivity contribution in [1.82, 2.24) is 0 Å². The van der Waals surface area contributed by atoms with E-state index in [1.807, 2.05) is 0 Å². The van der Waals surface area contributed by atoms with Gasteiger partial charge in [0.25, 0.3) is 0 Å². The molecule has 0 aliphatic carbocycles. The second-order valence-corrected chi connectivity index (χ2v) is 3.31. The molecule has 0 saturated heterocycles. The van der Waals surface area contributed by atoms with Gasteiger partial charge in [0.05, 0.1) is 0 Å². The fourth-order valence-electron chi connectivity index (χ4n) is 0.606. The number of aliphatic carboxylic acids is 1. The summed E-state index contributed by atoms with van der Waals surface area (Å²) in [6, 6.07) is 0. The van der Waals surface area contributed by atoms with Crippen molar-refractivity contribution in [1.29, 1.82) is 0 Å². The monoisotopic (exact) mass is 190 g/mol. The average Bonchev–Trinajstić information content (AvgIpc) is 2.02. The Labute approximate surface area is 76.8 Å². The molecule has 4 heteroatoms. The second kappa shape index (κ2) is 8.62. The number of rotatable bonds is 7. The molecule has 0 bridgehead atoms. The zero-order valence-corrected chi connectivity index (χ0v) is 7.97. The van der Waals surface area contributed by atoms with Gasteiger partial charge in [0.2, 0.25) is 0 Å². The van der Waals surface area contributed by atoms with Crippen molar-refractivity contribution in [2.45, 2.75) is 6.42 Å². The van der Waals surface area contributed by atoms with Crippen LogP contribution in [-0.4, -0.2) is 36.3 Å². The number of hydrogen-bond acceptors (Lipinski definition) is 3. The SMILES string of the molecule is COCCCSCC=CC(=O)O. The van der Waals surface area contributed by atoms with Gasteiger partial charge in [0.15, 0.2) is 0 Å². The Morgan fingerprint density at radius 3 is 3.00 bits per heavy atom. The summed E-state index contributed by atoms with van der Waals surface area (Å²) in [5.41, 5.74) is 0. The van der Waals surface area contributed by atoms with Gasteiger partial charge in [-0.05, 0) is 12.2 Å². The van der Waals surface area contributed by atoms with Crippen LogP contribution < -0.4 is 0 Å². The lowest BCUT2D eigenvalue weighted by molar-refractivity contribution is -0.131. The van der Waals surface area contributed by atoms with E-state index in [2.05, 4.69) is 0 Å². The number of carboxylic acids is 1. The molecule has 0 aliphatic heterocycles. The zero-order valence-electron chi connectivity index (χ0n) is 7.16. The van der Waals surface area contributed by atoms with E-state index in [0.717, 1.165) is 24.5 Å². The van der Waals surface area contributed by atoms with Crippen molar-refractivity contribution < 1.29 is 14.6 Å². The summed E-state index contributed by atoms with van der Waals surface area (Å²) in [4.78, 5) is 10.0. The molecule has 0 aromatic rings. The van der Waals surface area contributed by atoms with Crippen molar-refractivity contribution in [3.63, 3.8) is 0 Å². The molecule has 0 spiro atoms. The largest absolute Gasteiger partial charge is 0.478 e. The van der Waals surface area contributed by atoms with Crippen LogP contribution in [0.15, 0.2) is 12.2 Å². The summed E-state index contributed by atoms with van der Waals surface area (Å²) in [6.45, 7) is 0.773. The van der Waals surface area contributed by atoms with Crippen LogP contribution in [0.4, 0.5) is 0 Å². The number of methoxy groups -OCH3 is 1. The van der Waals surface area contributed by atoms with E-state index >= 15 is 0 Å². The van der Waals surface area contributed by atoms with Crippen LogP contribution in [0.5, 0.6) is 0 Å². The number of ether oxygens (including phenoxy) is 1. The molecule has 0 aromatic heterocycles. The molecule has 0 radical (unpaired) electrons.